The Morgan fingerprint density at radius 2 is 2.00 bits per heavy atom. The van der Waals surface area contributed by atoms with Crippen LogP contribution in [0.3, 0.4) is 0 Å². The van der Waals surface area contributed by atoms with Gasteiger partial charge < -0.3 is 4.90 Å². The first-order valence-corrected chi connectivity index (χ1v) is 10.6. The number of aromatic nitrogens is 6. The Morgan fingerprint density at radius 3 is 2.75 bits per heavy atom. The second-order valence-electron chi connectivity index (χ2n) is 8.50. The maximum Gasteiger partial charge on any atom is 0.230 e. The lowest BCUT2D eigenvalue weighted by atomic mass is 10.1. The monoisotopic (exact) mass is 399 g/mol. The van der Waals surface area contributed by atoms with Crippen LogP contribution in [0.5, 0.6) is 0 Å². The van der Waals surface area contributed by atoms with Crippen LogP contribution < -0.4 is 4.90 Å². The van der Waals surface area contributed by atoms with Gasteiger partial charge >= 0.3 is 0 Å². The zero-order valence-corrected chi connectivity index (χ0v) is 17.4. The third-order valence-electron chi connectivity index (χ3n) is 5.75. The van der Waals surface area contributed by atoms with Crippen LogP contribution in [0.2, 0.25) is 5.15 Å². The first-order valence-electron chi connectivity index (χ1n) is 10.2. The fourth-order valence-electron chi connectivity index (χ4n) is 4.32. The molecule has 5 rings (SSSR count). The summed E-state index contributed by atoms with van der Waals surface area (Å²) >= 11 is 6.80. The topological polar surface area (TPSA) is 64.1 Å². The van der Waals surface area contributed by atoms with Crippen molar-refractivity contribution in [1.82, 2.24) is 29.4 Å². The van der Waals surface area contributed by atoms with Gasteiger partial charge in [-0.2, -0.15) is 14.7 Å². The van der Waals surface area contributed by atoms with E-state index in [0.29, 0.717) is 11.8 Å². The Kier molecular flexibility index (Phi) is 4.30. The molecule has 1 atom stereocenters. The molecule has 1 unspecified atom stereocenters. The van der Waals surface area contributed by atoms with Crippen molar-refractivity contribution in [2.75, 3.05) is 11.4 Å². The Labute approximate surface area is 169 Å². The lowest BCUT2D eigenvalue weighted by Gasteiger charge is -2.25. The van der Waals surface area contributed by atoms with Gasteiger partial charge in [-0.25, -0.2) is 9.97 Å². The molecule has 3 aromatic rings. The van der Waals surface area contributed by atoms with Crippen molar-refractivity contribution in [1.29, 1.82) is 0 Å². The first-order chi connectivity index (χ1) is 13.5. The van der Waals surface area contributed by atoms with Gasteiger partial charge in [0.15, 0.2) is 5.65 Å². The minimum absolute atomic E-state index is 0.167. The van der Waals surface area contributed by atoms with Gasteiger partial charge in [0.2, 0.25) is 5.95 Å². The standard InChI is InChI=1S/C20H26ClN7/c1-12(2)10-27-19(21)18(13(3)24-27)16-5-4-8-26(16)20-23-11-22-17-9-15(14-6-7-14)25-28(17)20/h9,11-12,14,16H,4-8,10H2,1-3H3. The minimum Gasteiger partial charge on any atom is -0.333 e. The van der Waals surface area contributed by atoms with Crippen molar-refractivity contribution in [2.24, 2.45) is 5.92 Å². The summed E-state index contributed by atoms with van der Waals surface area (Å²) in [6.07, 6.45) is 6.23. The average molecular weight is 400 g/mol. The number of anilines is 1. The highest BCUT2D eigenvalue weighted by Gasteiger charge is 2.34. The maximum atomic E-state index is 6.80. The number of nitrogens with zero attached hydrogens (tertiary/aromatic N) is 7. The van der Waals surface area contributed by atoms with Crippen LogP contribution in [0.1, 0.15) is 68.4 Å². The van der Waals surface area contributed by atoms with Crippen molar-refractivity contribution in [3.8, 4) is 0 Å². The van der Waals surface area contributed by atoms with E-state index in [1.165, 1.54) is 12.8 Å². The van der Waals surface area contributed by atoms with Crippen molar-refractivity contribution in [3.63, 3.8) is 0 Å². The molecule has 8 heteroatoms. The Morgan fingerprint density at radius 1 is 1.18 bits per heavy atom. The van der Waals surface area contributed by atoms with Crippen molar-refractivity contribution in [2.45, 2.75) is 65.0 Å². The highest BCUT2D eigenvalue weighted by Crippen LogP contribution is 2.42. The van der Waals surface area contributed by atoms with E-state index in [2.05, 4.69) is 41.7 Å². The van der Waals surface area contributed by atoms with Gasteiger partial charge in [-0.05, 0) is 38.5 Å². The Hall–Kier alpha value is -2.15. The molecular formula is C20H26ClN7. The summed E-state index contributed by atoms with van der Waals surface area (Å²) in [5.74, 6) is 1.94. The molecule has 1 aliphatic heterocycles. The SMILES string of the molecule is Cc1nn(CC(C)C)c(Cl)c1C1CCCN1c1ncnc2cc(C3CC3)nn12. The second kappa shape index (κ2) is 6.72. The van der Waals surface area contributed by atoms with E-state index in [1.54, 1.807) is 6.33 Å². The van der Waals surface area contributed by atoms with Crippen LogP contribution >= 0.6 is 11.6 Å². The van der Waals surface area contributed by atoms with E-state index in [1.807, 2.05) is 9.20 Å². The van der Waals surface area contributed by atoms with Crippen molar-refractivity contribution < 1.29 is 0 Å². The molecule has 2 fully saturated rings. The predicted molar refractivity (Wildman–Crippen MR) is 109 cm³/mol. The highest BCUT2D eigenvalue weighted by atomic mass is 35.5. The van der Waals surface area contributed by atoms with Gasteiger partial charge in [0, 0.05) is 30.6 Å². The molecule has 3 aromatic heterocycles. The zero-order valence-electron chi connectivity index (χ0n) is 16.6. The third kappa shape index (κ3) is 2.96. The normalized spacial score (nSPS) is 20.0. The predicted octanol–water partition coefficient (Wildman–Crippen LogP) is 4.16. The summed E-state index contributed by atoms with van der Waals surface area (Å²) < 4.78 is 3.86. The van der Waals surface area contributed by atoms with Crippen LogP contribution in [0, 0.1) is 12.8 Å². The molecule has 148 valence electrons. The van der Waals surface area contributed by atoms with E-state index >= 15 is 0 Å². The van der Waals surface area contributed by atoms with Gasteiger partial charge in [0.1, 0.15) is 11.5 Å². The van der Waals surface area contributed by atoms with Crippen molar-refractivity contribution in [3.05, 3.63) is 34.5 Å². The number of hydrogen-bond acceptors (Lipinski definition) is 5. The molecule has 0 aromatic carbocycles. The number of halogens is 1. The first kappa shape index (κ1) is 17.9. The second-order valence-corrected chi connectivity index (χ2v) is 8.86. The smallest absolute Gasteiger partial charge is 0.230 e. The number of fused-ring (bicyclic) bond motifs is 1. The van der Waals surface area contributed by atoms with Crippen LogP contribution in [-0.2, 0) is 6.54 Å². The van der Waals surface area contributed by atoms with E-state index in [0.717, 1.165) is 59.6 Å². The van der Waals surface area contributed by atoms with E-state index in [9.17, 15) is 0 Å². The fourth-order valence-corrected chi connectivity index (χ4v) is 4.69. The molecule has 0 amide bonds. The average Bonchev–Trinajstić information content (AvgIpc) is 3.13. The Balaban J connectivity index is 1.55. The van der Waals surface area contributed by atoms with Crippen LogP contribution in [0.4, 0.5) is 5.95 Å². The molecule has 1 aliphatic carbocycles. The van der Waals surface area contributed by atoms with Gasteiger partial charge in [-0.1, -0.05) is 25.4 Å². The number of aryl methyl sites for hydroxylation is 1. The quantitative estimate of drug-likeness (QED) is 0.644. The molecule has 0 radical (unpaired) electrons. The zero-order chi connectivity index (χ0) is 19.4. The fraction of sp³-hybridized carbons (Fsp3) is 0.600. The van der Waals surface area contributed by atoms with Gasteiger partial charge in [-0.15, -0.1) is 0 Å². The Bertz CT molecular complexity index is 1020. The van der Waals surface area contributed by atoms with E-state index in [4.69, 9.17) is 21.8 Å². The molecule has 7 nitrogen and oxygen atoms in total. The molecule has 4 heterocycles. The summed E-state index contributed by atoms with van der Waals surface area (Å²) in [5, 5.41) is 10.3. The molecular weight excluding hydrogens is 374 g/mol. The highest BCUT2D eigenvalue weighted by molar-refractivity contribution is 6.30. The van der Waals surface area contributed by atoms with E-state index in [-0.39, 0.29) is 6.04 Å². The lowest BCUT2D eigenvalue weighted by molar-refractivity contribution is 0.481. The summed E-state index contributed by atoms with van der Waals surface area (Å²) in [4.78, 5) is 11.4. The van der Waals surface area contributed by atoms with Gasteiger partial charge in [-0.3, -0.25) is 4.68 Å². The maximum absolute atomic E-state index is 6.80. The van der Waals surface area contributed by atoms with Crippen LogP contribution in [-0.4, -0.2) is 35.9 Å². The summed E-state index contributed by atoms with van der Waals surface area (Å²) in [5.41, 5.74) is 4.14. The molecule has 0 bridgehead atoms. The largest absolute Gasteiger partial charge is 0.333 e. The molecule has 0 N–H and O–H groups in total. The minimum atomic E-state index is 0.167. The molecule has 1 saturated heterocycles. The van der Waals surface area contributed by atoms with Gasteiger partial charge in [0.05, 0.1) is 17.4 Å². The number of rotatable bonds is 5. The summed E-state index contributed by atoms with van der Waals surface area (Å²) in [6, 6.07) is 2.27. The lowest BCUT2D eigenvalue weighted by Crippen LogP contribution is -2.27. The molecule has 1 saturated carbocycles. The summed E-state index contributed by atoms with van der Waals surface area (Å²) in [7, 11) is 0. The summed E-state index contributed by atoms with van der Waals surface area (Å²) in [6.45, 7) is 8.18. The molecule has 28 heavy (non-hydrogen) atoms. The van der Waals surface area contributed by atoms with Crippen LogP contribution in [0.15, 0.2) is 12.4 Å². The molecule has 2 aliphatic rings. The third-order valence-corrected chi connectivity index (χ3v) is 6.15. The number of hydrogen-bond donors (Lipinski definition) is 0. The van der Waals surface area contributed by atoms with Crippen molar-refractivity contribution >= 4 is 23.2 Å². The van der Waals surface area contributed by atoms with Crippen LogP contribution in [0.25, 0.3) is 5.65 Å². The van der Waals surface area contributed by atoms with E-state index < -0.39 is 0 Å². The van der Waals surface area contributed by atoms with Gasteiger partial charge in [0.25, 0.3) is 0 Å². The molecule has 0 spiro atoms.